The third-order valence-electron chi connectivity index (χ3n) is 5.95. The van der Waals surface area contributed by atoms with Crippen molar-refractivity contribution in [3.63, 3.8) is 0 Å². The minimum atomic E-state index is 0.0245. The van der Waals surface area contributed by atoms with Gasteiger partial charge in [0.15, 0.2) is 0 Å². The van der Waals surface area contributed by atoms with E-state index in [-0.39, 0.29) is 11.9 Å². The van der Waals surface area contributed by atoms with Crippen molar-refractivity contribution >= 4 is 11.7 Å². The molecule has 0 bridgehead atoms. The van der Waals surface area contributed by atoms with E-state index in [0.717, 1.165) is 53.4 Å². The molecule has 1 unspecified atom stereocenters. The number of hydrogen-bond donors (Lipinski definition) is 0. The van der Waals surface area contributed by atoms with Crippen LogP contribution in [-0.2, 0) is 11.2 Å². The lowest BCUT2D eigenvalue weighted by Gasteiger charge is -2.27. The van der Waals surface area contributed by atoms with Gasteiger partial charge < -0.3 is 14.4 Å². The summed E-state index contributed by atoms with van der Waals surface area (Å²) < 4.78 is 12.6. The Morgan fingerprint density at radius 2 is 2.07 bits per heavy atom. The van der Waals surface area contributed by atoms with Crippen molar-refractivity contribution in [1.82, 2.24) is 24.5 Å². The van der Waals surface area contributed by atoms with Crippen molar-refractivity contribution in [1.29, 1.82) is 0 Å². The highest BCUT2D eigenvalue weighted by Crippen LogP contribution is 2.39. The number of methoxy groups -OCH3 is 2. The third-order valence-corrected chi connectivity index (χ3v) is 5.95. The van der Waals surface area contributed by atoms with E-state index in [1.54, 1.807) is 18.7 Å². The maximum absolute atomic E-state index is 13.2. The van der Waals surface area contributed by atoms with Gasteiger partial charge >= 0.3 is 0 Å². The number of fused-ring (bicyclic) bond motifs is 1. The number of nitrogens with zero attached hydrogens (tertiary/aromatic N) is 5. The molecular weight excluding hydrogens is 382 g/mol. The summed E-state index contributed by atoms with van der Waals surface area (Å²) >= 11 is 0. The van der Waals surface area contributed by atoms with Crippen LogP contribution >= 0.6 is 0 Å². The summed E-state index contributed by atoms with van der Waals surface area (Å²) in [5.41, 5.74) is 3.97. The first-order valence-electron chi connectivity index (χ1n) is 10.2. The quantitative estimate of drug-likeness (QED) is 0.622. The lowest BCUT2D eigenvalue weighted by Crippen LogP contribution is -2.31. The Hall–Kier alpha value is -3.16. The molecule has 1 fully saturated rings. The third kappa shape index (κ3) is 3.58. The van der Waals surface area contributed by atoms with E-state index < -0.39 is 0 Å². The van der Waals surface area contributed by atoms with Gasteiger partial charge in [-0.1, -0.05) is 0 Å². The zero-order chi connectivity index (χ0) is 21.3. The summed E-state index contributed by atoms with van der Waals surface area (Å²) in [7, 11) is 3.29. The van der Waals surface area contributed by atoms with Crippen LogP contribution in [0, 0.1) is 13.8 Å². The largest absolute Gasteiger partial charge is 0.497 e. The average Bonchev–Trinajstić information content (AvgIpc) is 3.42. The van der Waals surface area contributed by atoms with Gasteiger partial charge in [0.25, 0.3) is 5.78 Å². The molecule has 0 spiro atoms. The van der Waals surface area contributed by atoms with E-state index in [1.165, 1.54) is 6.33 Å². The van der Waals surface area contributed by atoms with Gasteiger partial charge in [0.05, 0.1) is 20.3 Å². The first-order chi connectivity index (χ1) is 14.5. The minimum absolute atomic E-state index is 0.0245. The number of aromatic nitrogens is 4. The topological polar surface area (TPSA) is 81.9 Å². The Kier molecular flexibility index (Phi) is 5.57. The fraction of sp³-hybridized carbons (Fsp3) is 0.455. The van der Waals surface area contributed by atoms with E-state index in [4.69, 9.17) is 9.47 Å². The van der Waals surface area contributed by atoms with Gasteiger partial charge in [-0.05, 0) is 50.8 Å². The van der Waals surface area contributed by atoms with Crippen LogP contribution in [0.1, 0.15) is 47.8 Å². The smallest absolute Gasteiger partial charge is 0.252 e. The maximum atomic E-state index is 13.2. The summed E-state index contributed by atoms with van der Waals surface area (Å²) in [5, 5.41) is 4.23. The van der Waals surface area contributed by atoms with Crippen molar-refractivity contribution in [3.05, 3.63) is 47.0 Å². The van der Waals surface area contributed by atoms with Crippen molar-refractivity contribution in [2.75, 3.05) is 20.8 Å². The Morgan fingerprint density at radius 3 is 2.83 bits per heavy atom. The van der Waals surface area contributed by atoms with Gasteiger partial charge in [0, 0.05) is 36.0 Å². The molecule has 1 saturated heterocycles. The van der Waals surface area contributed by atoms with Crippen molar-refractivity contribution in [3.8, 4) is 11.5 Å². The molecule has 1 amide bonds. The van der Waals surface area contributed by atoms with Crippen molar-refractivity contribution < 1.29 is 14.3 Å². The van der Waals surface area contributed by atoms with Crippen molar-refractivity contribution in [2.45, 2.75) is 45.6 Å². The number of benzene rings is 1. The summed E-state index contributed by atoms with van der Waals surface area (Å²) in [6.07, 6.45) is 4.47. The van der Waals surface area contributed by atoms with Gasteiger partial charge in [-0.2, -0.15) is 10.1 Å². The normalized spacial score (nSPS) is 16.3. The highest BCUT2D eigenvalue weighted by molar-refractivity contribution is 5.77. The second-order valence-corrected chi connectivity index (χ2v) is 7.59. The molecule has 1 aliphatic rings. The number of carbonyl (C=O) groups excluding carboxylic acids is 1. The molecule has 1 atom stereocenters. The SMILES string of the molecule is COc1ccc(C2CCCN2C(=O)CCc2c(C)nc3ncnn3c2C)c(OC)c1. The molecule has 30 heavy (non-hydrogen) atoms. The highest BCUT2D eigenvalue weighted by Gasteiger charge is 2.32. The Bertz CT molecular complexity index is 1080. The van der Waals surface area contributed by atoms with Crippen LogP contribution < -0.4 is 9.47 Å². The first kappa shape index (κ1) is 20.1. The molecule has 3 aromatic rings. The van der Waals surface area contributed by atoms with Gasteiger partial charge in [-0.25, -0.2) is 9.50 Å². The predicted octanol–water partition coefficient (Wildman–Crippen LogP) is 3.05. The number of hydrogen-bond acceptors (Lipinski definition) is 6. The standard InChI is InChI=1S/C22H27N5O3/c1-14-17(15(2)27-22(25-14)23-13-24-27)9-10-21(28)26-11-5-6-19(26)18-8-7-16(29-3)12-20(18)30-4/h7-8,12-13,19H,5-6,9-11H2,1-4H3. The Morgan fingerprint density at radius 1 is 1.23 bits per heavy atom. The van der Waals surface area contributed by atoms with Crippen LogP contribution in [0.15, 0.2) is 24.5 Å². The second-order valence-electron chi connectivity index (χ2n) is 7.59. The van der Waals surface area contributed by atoms with Crippen LogP contribution in [0.4, 0.5) is 0 Å². The lowest BCUT2D eigenvalue weighted by molar-refractivity contribution is -0.132. The number of likely N-dealkylation sites (tertiary alicyclic amines) is 1. The van der Waals surface area contributed by atoms with Crippen LogP contribution in [0.5, 0.6) is 11.5 Å². The first-order valence-corrected chi connectivity index (χ1v) is 10.2. The molecule has 3 heterocycles. The summed E-state index contributed by atoms with van der Waals surface area (Å²) in [5.74, 6) is 2.24. The number of ether oxygens (including phenoxy) is 2. The van der Waals surface area contributed by atoms with E-state index in [9.17, 15) is 4.79 Å². The molecule has 2 aromatic heterocycles. The second kappa shape index (κ2) is 8.30. The van der Waals surface area contributed by atoms with Gasteiger partial charge in [-0.3, -0.25) is 4.79 Å². The number of amides is 1. The molecule has 0 N–H and O–H groups in total. The lowest BCUT2D eigenvalue weighted by atomic mass is 10.0. The minimum Gasteiger partial charge on any atom is -0.497 e. The van der Waals surface area contributed by atoms with Gasteiger partial charge in [0.1, 0.15) is 17.8 Å². The van der Waals surface area contributed by atoms with Crippen LogP contribution in [0.2, 0.25) is 0 Å². The van der Waals surface area contributed by atoms with E-state index in [2.05, 4.69) is 15.1 Å². The van der Waals surface area contributed by atoms with Gasteiger partial charge in [-0.15, -0.1) is 0 Å². The molecule has 4 rings (SSSR count). The number of rotatable bonds is 6. The zero-order valence-electron chi connectivity index (χ0n) is 17.9. The number of aryl methyl sites for hydroxylation is 2. The molecular formula is C22H27N5O3. The summed E-state index contributed by atoms with van der Waals surface area (Å²) in [6, 6.07) is 5.83. The molecule has 158 valence electrons. The average molecular weight is 409 g/mol. The van der Waals surface area contributed by atoms with E-state index >= 15 is 0 Å². The molecule has 0 saturated carbocycles. The molecule has 8 heteroatoms. The molecule has 0 aliphatic carbocycles. The predicted molar refractivity (Wildman–Crippen MR) is 112 cm³/mol. The molecule has 8 nitrogen and oxygen atoms in total. The van der Waals surface area contributed by atoms with E-state index in [1.807, 2.05) is 36.9 Å². The van der Waals surface area contributed by atoms with Crippen LogP contribution in [0.3, 0.4) is 0 Å². The monoisotopic (exact) mass is 409 g/mol. The Labute approximate surface area is 175 Å². The fourth-order valence-electron chi connectivity index (χ4n) is 4.38. The summed E-state index contributed by atoms with van der Waals surface area (Å²) in [6.45, 7) is 4.72. The van der Waals surface area contributed by atoms with E-state index in [0.29, 0.717) is 18.6 Å². The zero-order valence-corrected chi connectivity index (χ0v) is 17.9. The van der Waals surface area contributed by atoms with Crippen LogP contribution in [0.25, 0.3) is 5.78 Å². The van der Waals surface area contributed by atoms with Gasteiger partial charge in [0.2, 0.25) is 5.91 Å². The summed E-state index contributed by atoms with van der Waals surface area (Å²) in [4.78, 5) is 23.8. The Balaban J connectivity index is 1.52. The van der Waals surface area contributed by atoms with Crippen molar-refractivity contribution in [2.24, 2.45) is 0 Å². The fourth-order valence-corrected chi connectivity index (χ4v) is 4.38. The number of carbonyl (C=O) groups is 1. The molecule has 1 aromatic carbocycles. The van der Waals surface area contributed by atoms with Crippen LogP contribution in [-0.4, -0.2) is 51.2 Å². The molecule has 0 radical (unpaired) electrons. The maximum Gasteiger partial charge on any atom is 0.252 e. The molecule has 1 aliphatic heterocycles. The highest BCUT2D eigenvalue weighted by atomic mass is 16.5.